The van der Waals surface area contributed by atoms with Crippen LogP contribution < -0.4 is 29.6 Å². The molecule has 0 aliphatic heterocycles. The second-order valence-corrected chi connectivity index (χ2v) is 11.9. The average molecular weight is 809 g/mol. The van der Waals surface area contributed by atoms with Gasteiger partial charge in [-0.2, -0.15) is 0 Å². The maximum absolute atomic E-state index is 12.4. The topological polar surface area (TPSA) is 185 Å². The smallest absolute Gasteiger partial charge is 0.407 e. The summed E-state index contributed by atoms with van der Waals surface area (Å²) in [5.41, 5.74) is 0. The van der Waals surface area contributed by atoms with E-state index in [-0.39, 0.29) is 79.2 Å². The van der Waals surface area contributed by atoms with Gasteiger partial charge in [0.15, 0.2) is 12.2 Å². The van der Waals surface area contributed by atoms with Crippen LogP contribution in [0.15, 0.2) is 110 Å². The molecule has 16 heteroatoms. The summed E-state index contributed by atoms with van der Waals surface area (Å²) < 4.78 is 55.5. The zero-order chi connectivity index (χ0) is 41.5. The van der Waals surface area contributed by atoms with Crippen LogP contribution in [0.25, 0.3) is 0 Å². The van der Waals surface area contributed by atoms with E-state index in [2.05, 4.69) is 23.8 Å². The second-order valence-electron chi connectivity index (χ2n) is 11.9. The molecule has 0 fully saturated rings. The Balaban J connectivity index is 1.36. The van der Waals surface area contributed by atoms with Crippen molar-refractivity contribution in [1.29, 1.82) is 0 Å². The number of amides is 2. The van der Waals surface area contributed by atoms with E-state index >= 15 is 0 Å². The predicted octanol–water partition coefficient (Wildman–Crippen LogP) is 5.06. The summed E-state index contributed by atoms with van der Waals surface area (Å²) >= 11 is 0. The van der Waals surface area contributed by atoms with Gasteiger partial charge in [0, 0.05) is 31.3 Å². The van der Waals surface area contributed by atoms with E-state index in [4.69, 9.17) is 47.4 Å². The number of ether oxygens (including phenoxy) is 10. The zero-order valence-electron chi connectivity index (χ0n) is 32.4. The van der Waals surface area contributed by atoms with Crippen molar-refractivity contribution in [3.05, 3.63) is 110 Å². The lowest BCUT2D eigenvalue weighted by molar-refractivity contribution is -0.138. The van der Waals surface area contributed by atoms with Gasteiger partial charge < -0.3 is 58.0 Å². The highest BCUT2D eigenvalue weighted by Gasteiger charge is 2.18. The van der Waals surface area contributed by atoms with Crippen molar-refractivity contribution >= 4 is 24.1 Å². The molecule has 16 nitrogen and oxygen atoms in total. The third-order valence-electron chi connectivity index (χ3n) is 7.31. The lowest BCUT2D eigenvalue weighted by atomic mass is 10.3. The van der Waals surface area contributed by atoms with Crippen LogP contribution in [0.3, 0.4) is 0 Å². The van der Waals surface area contributed by atoms with Gasteiger partial charge in [-0.25, -0.2) is 19.2 Å². The van der Waals surface area contributed by atoms with Gasteiger partial charge in [-0.1, -0.05) is 55.6 Å². The maximum atomic E-state index is 12.4. The Kier molecular flexibility index (Phi) is 23.1. The Hall–Kier alpha value is -6.26. The van der Waals surface area contributed by atoms with Crippen LogP contribution in [-0.4, -0.2) is 115 Å². The van der Waals surface area contributed by atoms with Crippen molar-refractivity contribution in [3.8, 4) is 23.0 Å². The molecule has 3 aromatic carbocycles. The Morgan fingerprint density at radius 2 is 0.914 bits per heavy atom. The van der Waals surface area contributed by atoms with Gasteiger partial charge >= 0.3 is 24.1 Å². The molecule has 0 bridgehead atoms. The molecule has 58 heavy (non-hydrogen) atoms. The number of benzene rings is 3. The molecule has 314 valence electrons. The molecule has 2 N–H and O–H groups in total. The van der Waals surface area contributed by atoms with Crippen molar-refractivity contribution < 1.29 is 66.5 Å². The molecule has 2 unspecified atom stereocenters. The molecule has 3 aromatic rings. The third kappa shape index (κ3) is 21.7. The molecule has 0 radical (unpaired) electrons. The van der Waals surface area contributed by atoms with Crippen LogP contribution in [-0.2, 0) is 38.0 Å². The summed E-state index contributed by atoms with van der Waals surface area (Å²) in [6.07, 6.45) is 0.175. The van der Waals surface area contributed by atoms with Crippen molar-refractivity contribution in [1.82, 2.24) is 10.6 Å². The normalized spacial score (nSPS) is 11.4. The van der Waals surface area contributed by atoms with Crippen LogP contribution in [0.1, 0.15) is 12.8 Å². The predicted molar refractivity (Wildman–Crippen MR) is 211 cm³/mol. The van der Waals surface area contributed by atoms with E-state index in [1.807, 2.05) is 36.4 Å². The Morgan fingerprint density at radius 3 is 1.33 bits per heavy atom. The Bertz CT molecular complexity index is 1530. The highest BCUT2D eigenvalue weighted by molar-refractivity contribution is 5.81. The van der Waals surface area contributed by atoms with Crippen LogP contribution in [0.5, 0.6) is 23.0 Å². The standard InChI is InChI=1S/C42H52N2O14/c1-3-39(45)53-22-12-20-43-41(47)57-37(31-55-33-14-7-5-8-15-33)29-49-24-26-51-35-18-11-19-36(28-35)52-27-25-50-30-38(32-56-34-16-9-6-10-17-34)58-42(48)44-21-13-23-54-40(46)4-2/h3-11,14-19,28,37-38H,1-2,12-13,20-27,29-32H2,(H,43,47)(H,44,48). The first-order chi connectivity index (χ1) is 28.3. The fourth-order valence-corrected chi connectivity index (χ4v) is 4.54. The quantitative estimate of drug-likeness (QED) is 0.0394. The monoisotopic (exact) mass is 808 g/mol. The molecule has 2 atom stereocenters. The fraction of sp³-hybridized carbons (Fsp3) is 0.381. The first-order valence-electron chi connectivity index (χ1n) is 18.7. The average Bonchev–Trinajstić information content (AvgIpc) is 3.24. The molecule has 0 saturated carbocycles. The van der Waals surface area contributed by atoms with Gasteiger partial charge in [0.25, 0.3) is 0 Å². The molecule has 2 amide bonds. The molecule has 3 rings (SSSR count). The SMILES string of the molecule is C=CC(=O)OCCCNC(=O)OC(COCCOc1cccc(OCCOCC(COc2ccccc2)OC(=O)NCCCOC(=O)C=C)c1)COc1ccccc1. The van der Waals surface area contributed by atoms with Gasteiger partial charge in [0.05, 0.1) is 39.6 Å². The number of carbonyl (C=O) groups is 4. The number of hydrogen-bond acceptors (Lipinski definition) is 14. The number of esters is 2. The van der Waals surface area contributed by atoms with Crippen molar-refractivity contribution in [2.24, 2.45) is 0 Å². The minimum Gasteiger partial charge on any atom is -0.491 e. The number of alkyl carbamates (subject to hydrolysis) is 2. The minimum absolute atomic E-state index is 0.0493. The van der Waals surface area contributed by atoms with Crippen LogP contribution in [0, 0.1) is 0 Å². The molecule has 0 aliphatic rings. The number of carbonyl (C=O) groups excluding carboxylic acids is 4. The van der Waals surface area contributed by atoms with E-state index in [1.165, 1.54) is 0 Å². The lowest BCUT2D eigenvalue weighted by Gasteiger charge is -2.19. The molecule has 0 heterocycles. The summed E-state index contributed by atoms with van der Waals surface area (Å²) in [5.74, 6) is 1.27. The molecular weight excluding hydrogens is 756 g/mol. The van der Waals surface area contributed by atoms with E-state index < -0.39 is 36.3 Å². The number of hydrogen-bond donors (Lipinski definition) is 2. The number of nitrogens with one attached hydrogen (secondary N) is 2. The Morgan fingerprint density at radius 1 is 0.500 bits per heavy atom. The summed E-state index contributed by atoms with van der Waals surface area (Å²) in [7, 11) is 0. The zero-order valence-corrected chi connectivity index (χ0v) is 32.4. The number of rotatable bonds is 30. The van der Waals surface area contributed by atoms with Gasteiger partial charge in [0.1, 0.15) is 49.4 Å². The van der Waals surface area contributed by atoms with Crippen molar-refractivity contribution in [3.63, 3.8) is 0 Å². The molecule has 0 saturated heterocycles. The molecular formula is C42H52N2O14. The first kappa shape index (κ1) is 46.1. The van der Waals surface area contributed by atoms with Crippen LogP contribution >= 0.6 is 0 Å². The van der Waals surface area contributed by atoms with Gasteiger partial charge in [-0.3, -0.25) is 0 Å². The van der Waals surface area contributed by atoms with Crippen molar-refractivity contribution in [2.45, 2.75) is 25.0 Å². The summed E-state index contributed by atoms with van der Waals surface area (Å²) in [4.78, 5) is 47.1. The van der Waals surface area contributed by atoms with E-state index in [9.17, 15) is 19.2 Å². The number of para-hydroxylation sites is 2. The van der Waals surface area contributed by atoms with E-state index in [1.54, 1.807) is 48.5 Å². The largest absolute Gasteiger partial charge is 0.491 e. The highest BCUT2D eigenvalue weighted by atomic mass is 16.6. The van der Waals surface area contributed by atoms with Crippen LogP contribution in [0.4, 0.5) is 9.59 Å². The van der Waals surface area contributed by atoms with Gasteiger partial charge in [-0.15, -0.1) is 0 Å². The minimum atomic E-state index is -0.722. The third-order valence-corrected chi connectivity index (χ3v) is 7.31. The van der Waals surface area contributed by atoms with E-state index in [0.717, 1.165) is 12.2 Å². The first-order valence-corrected chi connectivity index (χ1v) is 18.7. The molecule has 0 aromatic heterocycles. The molecule has 0 aliphatic carbocycles. The van der Waals surface area contributed by atoms with E-state index in [0.29, 0.717) is 35.8 Å². The highest BCUT2D eigenvalue weighted by Crippen LogP contribution is 2.19. The molecule has 0 spiro atoms. The van der Waals surface area contributed by atoms with Crippen LogP contribution in [0.2, 0.25) is 0 Å². The fourth-order valence-electron chi connectivity index (χ4n) is 4.54. The van der Waals surface area contributed by atoms with Gasteiger partial charge in [0.2, 0.25) is 0 Å². The van der Waals surface area contributed by atoms with Gasteiger partial charge in [-0.05, 0) is 49.2 Å². The second kappa shape index (κ2) is 29.0. The Labute approximate surface area is 338 Å². The maximum Gasteiger partial charge on any atom is 0.407 e. The summed E-state index contributed by atoms with van der Waals surface area (Å²) in [6.45, 7) is 8.42. The lowest BCUT2D eigenvalue weighted by Crippen LogP contribution is -2.36. The summed E-state index contributed by atoms with van der Waals surface area (Å²) in [6, 6.07) is 25.3. The summed E-state index contributed by atoms with van der Waals surface area (Å²) in [5, 5.41) is 5.23. The van der Waals surface area contributed by atoms with Crippen molar-refractivity contribution in [2.75, 3.05) is 79.2 Å².